The predicted octanol–water partition coefficient (Wildman–Crippen LogP) is 6.26. The summed E-state index contributed by atoms with van der Waals surface area (Å²) in [4.78, 5) is 11.1. The minimum absolute atomic E-state index is 0.0656. The van der Waals surface area contributed by atoms with Crippen molar-refractivity contribution >= 4 is 22.9 Å². The van der Waals surface area contributed by atoms with E-state index in [1.54, 1.807) is 0 Å². The van der Waals surface area contributed by atoms with E-state index < -0.39 is 16.6 Å². The molecule has 0 unspecified atom stereocenters. The van der Waals surface area contributed by atoms with Gasteiger partial charge < -0.3 is 13.6 Å². The molecule has 0 fully saturated rings. The fourth-order valence-corrected chi connectivity index (χ4v) is 4.86. The fraction of sp³-hybridized carbons (Fsp3) is 0.950. The van der Waals surface area contributed by atoms with Gasteiger partial charge in [0.05, 0.1) is 6.10 Å². The Balaban J connectivity index is 5.26. The van der Waals surface area contributed by atoms with E-state index in [9.17, 15) is 4.79 Å². The molecule has 150 valence electrons. The summed E-state index contributed by atoms with van der Waals surface area (Å²) in [6.45, 7) is 27.8. The molecule has 0 aromatic rings. The van der Waals surface area contributed by atoms with E-state index in [0.717, 1.165) is 6.29 Å². The molecule has 0 spiro atoms. The largest absolute Gasteiger partial charge is 0.416 e. The van der Waals surface area contributed by atoms with E-state index in [0.29, 0.717) is 13.0 Å². The molecule has 0 aliphatic heterocycles. The van der Waals surface area contributed by atoms with Crippen LogP contribution in [0.1, 0.15) is 61.8 Å². The summed E-state index contributed by atoms with van der Waals surface area (Å²) in [6, 6.07) is 0. The Bertz CT molecular complexity index is 420. The third kappa shape index (κ3) is 7.27. The van der Waals surface area contributed by atoms with Crippen molar-refractivity contribution in [1.29, 1.82) is 0 Å². The van der Waals surface area contributed by atoms with Crippen LogP contribution in [-0.2, 0) is 13.6 Å². The fourth-order valence-electron chi connectivity index (χ4n) is 2.25. The maximum Gasteiger partial charge on any atom is 0.192 e. The molecule has 0 rings (SSSR count). The van der Waals surface area contributed by atoms with Crippen LogP contribution in [0.15, 0.2) is 0 Å². The Labute approximate surface area is 159 Å². The Morgan fingerprint density at radius 1 is 0.840 bits per heavy atom. The average Bonchev–Trinajstić information content (AvgIpc) is 2.40. The molecule has 0 heterocycles. The zero-order chi connectivity index (χ0) is 20.3. The molecule has 0 saturated carbocycles. The van der Waals surface area contributed by atoms with Gasteiger partial charge in [-0.1, -0.05) is 55.4 Å². The Morgan fingerprint density at radius 3 is 1.64 bits per heavy atom. The van der Waals surface area contributed by atoms with Crippen LogP contribution >= 0.6 is 0 Å². The highest BCUT2D eigenvalue weighted by Crippen LogP contribution is 2.40. The van der Waals surface area contributed by atoms with E-state index in [-0.39, 0.29) is 28.0 Å². The summed E-state index contributed by atoms with van der Waals surface area (Å²) in [5, 5.41) is 0.364. The summed E-state index contributed by atoms with van der Waals surface area (Å²) in [5.41, 5.74) is 0. The van der Waals surface area contributed by atoms with E-state index >= 15 is 0 Å². The molecule has 0 radical (unpaired) electrons. The summed E-state index contributed by atoms with van der Waals surface area (Å²) < 4.78 is 13.2. The van der Waals surface area contributed by atoms with Gasteiger partial charge >= 0.3 is 0 Å². The molecule has 0 aromatic heterocycles. The molecule has 0 saturated heterocycles. The van der Waals surface area contributed by atoms with Crippen molar-refractivity contribution < 1.29 is 13.6 Å². The molecule has 5 heteroatoms. The lowest BCUT2D eigenvalue weighted by molar-refractivity contribution is -0.109. The minimum atomic E-state index is -1.89. The Kier molecular flexibility index (Phi) is 8.82. The monoisotopic (exact) mass is 388 g/mol. The number of hydrogen-bond donors (Lipinski definition) is 0. The summed E-state index contributed by atoms with van der Waals surface area (Å²) in [5.74, 6) is 0.489. The molecule has 3 atom stereocenters. The first kappa shape index (κ1) is 25.0. The van der Waals surface area contributed by atoms with Gasteiger partial charge in [-0.05, 0) is 42.2 Å². The van der Waals surface area contributed by atoms with Crippen LogP contribution in [0.5, 0.6) is 0 Å². The minimum Gasteiger partial charge on any atom is -0.416 e. The highest BCUT2D eigenvalue weighted by Gasteiger charge is 2.42. The van der Waals surface area contributed by atoms with E-state index in [1.807, 2.05) is 0 Å². The van der Waals surface area contributed by atoms with Crippen LogP contribution in [-0.4, -0.2) is 35.6 Å². The first-order valence-corrected chi connectivity index (χ1v) is 15.5. The smallest absolute Gasteiger partial charge is 0.192 e. The normalized spacial score (nSPS) is 17.9. The quantitative estimate of drug-likeness (QED) is 0.345. The molecule has 0 bridgehead atoms. The van der Waals surface area contributed by atoms with Crippen molar-refractivity contribution in [3.8, 4) is 0 Å². The predicted molar refractivity (Wildman–Crippen MR) is 114 cm³/mol. The van der Waals surface area contributed by atoms with E-state index in [2.05, 4.69) is 81.6 Å². The van der Waals surface area contributed by atoms with Gasteiger partial charge in [0.2, 0.25) is 0 Å². The molecule has 0 aliphatic rings. The molecule has 0 N–H and O–H groups in total. The van der Waals surface area contributed by atoms with Crippen LogP contribution < -0.4 is 0 Å². The molecule has 0 aliphatic carbocycles. The van der Waals surface area contributed by atoms with Gasteiger partial charge in [-0.15, -0.1) is 0 Å². The summed E-state index contributed by atoms with van der Waals surface area (Å²) in [6.07, 6.45) is 1.63. The van der Waals surface area contributed by atoms with Crippen molar-refractivity contribution in [2.75, 3.05) is 6.61 Å². The van der Waals surface area contributed by atoms with Gasteiger partial charge in [0.25, 0.3) is 0 Å². The summed E-state index contributed by atoms with van der Waals surface area (Å²) >= 11 is 0. The van der Waals surface area contributed by atoms with Gasteiger partial charge in [0, 0.05) is 18.9 Å². The molecule has 0 amide bonds. The molecule has 25 heavy (non-hydrogen) atoms. The number of rotatable bonds is 9. The Hall–Kier alpha value is 0.0238. The molecule has 0 aromatic carbocycles. The zero-order valence-corrected chi connectivity index (χ0v) is 20.9. The van der Waals surface area contributed by atoms with Crippen LogP contribution in [0.2, 0.25) is 36.3 Å². The second-order valence-electron chi connectivity index (χ2n) is 10.8. The lowest BCUT2D eigenvalue weighted by Gasteiger charge is -2.43. The van der Waals surface area contributed by atoms with Crippen molar-refractivity contribution in [3.63, 3.8) is 0 Å². The van der Waals surface area contributed by atoms with Gasteiger partial charge in [-0.2, -0.15) is 0 Å². The second kappa shape index (κ2) is 8.81. The molecular weight excluding hydrogens is 344 g/mol. The second-order valence-corrected chi connectivity index (χ2v) is 20.3. The number of hydrogen-bond acceptors (Lipinski definition) is 3. The van der Waals surface area contributed by atoms with Gasteiger partial charge in [0.15, 0.2) is 16.6 Å². The SMILES string of the molecule is C[C@H](CO[Si](C)(C)C(C)(C)C)[C@@H](O[Si](C)(C)C(C)(C)C)[C@@H](C)CC=O. The first-order chi connectivity index (χ1) is 11.0. The van der Waals surface area contributed by atoms with Crippen LogP contribution in [0.4, 0.5) is 0 Å². The zero-order valence-electron chi connectivity index (χ0n) is 18.9. The lowest BCUT2D eigenvalue weighted by atomic mass is 9.92. The van der Waals surface area contributed by atoms with Crippen molar-refractivity contribution in [1.82, 2.24) is 0 Å². The Morgan fingerprint density at radius 2 is 1.28 bits per heavy atom. The maximum atomic E-state index is 11.1. The lowest BCUT2D eigenvalue weighted by Crippen LogP contribution is -2.49. The van der Waals surface area contributed by atoms with Crippen LogP contribution in [0.25, 0.3) is 0 Å². The number of carbonyl (C=O) groups excluding carboxylic acids is 1. The van der Waals surface area contributed by atoms with Crippen LogP contribution in [0.3, 0.4) is 0 Å². The highest BCUT2D eigenvalue weighted by atomic mass is 28.4. The van der Waals surface area contributed by atoms with Gasteiger partial charge in [-0.25, -0.2) is 0 Å². The standard InChI is InChI=1S/C20H44O3Si2/c1-16(13-14-21)18(23-25(11,12)20(6,7)8)17(2)15-22-24(9,10)19(3,4)5/h14,16-18H,13,15H2,1-12H3/t16-,17+,18-/m0/s1. The first-order valence-electron chi connectivity index (χ1n) is 9.71. The van der Waals surface area contributed by atoms with E-state index in [1.165, 1.54) is 0 Å². The maximum absolute atomic E-state index is 11.1. The van der Waals surface area contributed by atoms with E-state index in [4.69, 9.17) is 8.85 Å². The highest BCUT2D eigenvalue weighted by molar-refractivity contribution is 6.74. The molecule has 3 nitrogen and oxygen atoms in total. The van der Waals surface area contributed by atoms with Crippen molar-refractivity contribution in [2.45, 2.75) is 104 Å². The number of carbonyl (C=O) groups is 1. The topological polar surface area (TPSA) is 35.5 Å². The van der Waals surface area contributed by atoms with Crippen LogP contribution in [0, 0.1) is 11.8 Å². The summed E-state index contributed by atoms with van der Waals surface area (Å²) in [7, 11) is -3.67. The van der Waals surface area contributed by atoms with Crippen molar-refractivity contribution in [2.24, 2.45) is 11.8 Å². The van der Waals surface area contributed by atoms with Gasteiger partial charge in [-0.3, -0.25) is 0 Å². The molecular formula is C20H44O3Si2. The van der Waals surface area contributed by atoms with Gasteiger partial charge in [0.1, 0.15) is 6.29 Å². The average molecular weight is 389 g/mol. The third-order valence-electron chi connectivity index (χ3n) is 6.34. The van der Waals surface area contributed by atoms with Crippen molar-refractivity contribution in [3.05, 3.63) is 0 Å². The third-order valence-corrected chi connectivity index (χ3v) is 15.3. The number of aldehydes is 1.